The van der Waals surface area contributed by atoms with Crippen LogP contribution in [0.15, 0.2) is 54.6 Å². The molecule has 2 fully saturated rings. The van der Waals surface area contributed by atoms with Crippen LogP contribution in [0.1, 0.15) is 80.1 Å². The Kier molecular flexibility index (Phi) is 13.9. The van der Waals surface area contributed by atoms with Crippen LogP contribution in [0.3, 0.4) is 0 Å². The highest BCUT2D eigenvalue weighted by molar-refractivity contribution is 6.00. The maximum absolute atomic E-state index is 14.0. The topological polar surface area (TPSA) is 154 Å². The van der Waals surface area contributed by atoms with Gasteiger partial charge in [0.2, 0.25) is 23.6 Å². The molecule has 0 unspecified atom stereocenters. The number of unbranched alkanes of at least 4 members (excludes halogenated alkanes) is 1. The Bertz CT molecular complexity index is 1500. The van der Waals surface area contributed by atoms with E-state index in [1.165, 1.54) is 17.5 Å². The number of carbonyl (C=O) groups is 5. The summed E-state index contributed by atoms with van der Waals surface area (Å²) in [6.07, 6.45) is 7.15. The minimum atomic E-state index is -0.939. The molecule has 2 saturated heterocycles. The van der Waals surface area contributed by atoms with Gasteiger partial charge in [-0.1, -0.05) is 42.5 Å². The molecule has 0 spiro atoms. The average Bonchev–Trinajstić information content (AvgIpc) is 3.62. The predicted molar refractivity (Wildman–Crippen MR) is 194 cm³/mol. The molecule has 12 heteroatoms. The largest absolute Gasteiger partial charge is 0.491 e. The van der Waals surface area contributed by atoms with E-state index in [0.717, 1.165) is 44.9 Å². The Hall–Kier alpha value is -4.45. The normalized spacial score (nSPS) is 23.0. The number of benzene rings is 2. The molecule has 3 heterocycles. The fourth-order valence-corrected chi connectivity index (χ4v) is 7.39. The summed E-state index contributed by atoms with van der Waals surface area (Å²) in [6, 6.07) is 15.3. The maximum Gasteiger partial charge on any atom is 0.255 e. The van der Waals surface area contributed by atoms with Crippen molar-refractivity contribution in [3.05, 3.63) is 65.7 Å². The van der Waals surface area contributed by atoms with Gasteiger partial charge in [-0.3, -0.25) is 24.0 Å². The molecular weight excluding hydrogens is 648 g/mol. The maximum atomic E-state index is 14.0. The van der Waals surface area contributed by atoms with Gasteiger partial charge in [0, 0.05) is 33.1 Å². The number of fused-ring (bicyclic) bond motifs is 2. The van der Waals surface area contributed by atoms with Crippen molar-refractivity contribution in [1.82, 2.24) is 25.3 Å². The molecule has 0 aliphatic carbocycles. The SMILES string of the molecule is CN1CC(=O)N[C@@H](CCCCN)C(=O)N2CCC[C@@H]2COc2ccccc2C(=O)N[C@H](C(=O)N2CCC(CCc3ccccc3)CC2)CCC1=O. The third kappa shape index (κ3) is 10.5. The summed E-state index contributed by atoms with van der Waals surface area (Å²) in [5.41, 5.74) is 7.30. The van der Waals surface area contributed by atoms with Crippen LogP contribution in [0, 0.1) is 5.92 Å². The Morgan fingerprint density at radius 2 is 1.63 bits per heavy atom. The lowest BCUT2D eigenvalue weighted by molar-refractivity contribution is -0.139. The Labute approximate surface area is 301 Å². The molecule has 12 nitrogen and oxygen atoms in total. The van der Waals surface area contributed by atoms with E-state index in [4.69, 9.17) is 10.5 Å². The van der Waals surface area contributed by atoms with Gasteiger partial charge in [0.1, 0.15) is 24.4 Å². The molecule has 0 radical (unpaired) electrons. The zero-order chi connectivity index (χ0) is 36.2. The second-order valence-corrected chi connectivity index (χ2v) is 14.1. The first-order chi connectivity index (χ1) is 24.7. The molecule has 0 saturated carbocycles. The van der Waals surface area contributed by atoms with Gasteiger partial charge in [-0.2, -0.15) is 0 Å². The zero-order valence-corrected chi connectivity index (χ0v) is 29.9. The fourth-order valence-electron chi connectivity index (χ4n) is 7.39. The van der Waals surface area contributed by atoms with E-state index in [2.05, 4.69) is 34.9 Å². The summed E-state index contributed by atoms with van der Waals surface area (Å²) in [5, 5.41) is 5.81. The molecule has 2 aromatic carbocycles. The second-order valence-electron chi connectivity index (χ2n) is 14.1. The molecule has 51 heavy (non-hydrogen) atoms. The first-order valence-electron chi connectivity index (χ1n) is 18.6. The van der Waals surface area contributed by atoms with Gasteiger partial charge in [-0.25, -0.2) is 0 Å². The van der Waals surface area contributed by atoms with Crippen molar-refractivity contribution in [1.29, 1.82) is 0 Å². The van der Waals surface area contributed by atoms with E-state index in [1.807, 2.05) is 6.07 Å². The quantitative estimate of drug-likeness (QED) is 0.358. The number of hydrogen-bond donors (Lipinski definition) is 3. The standard InChI is InChI=1S/C39H54N6O6/c1-43-26-35(46)41-32(14-7-8-22-40)39(50)45-23-9-12-30(45)27-51-34-15-6-5-13-31(34)37(48)42-33(18-19-36(43)47)38(49)44-24-20-29(21-25-44)17-16-28-10-3-2-4-11-28/h2-6,10-11,13,15,29-30,32-33H,7-9,12,14,16-27,40H2,1H3,(H,41,46)(H,42,48)/t30-,32+,33+/m1/s1. The number of ether oxygens (including phenoxy) is 1. The van der Waals surface area contributed by atoms with Crippen LogP contribution < -0.4 is 21.1 Å². The fraction of sp³-hybridized carbons (Fsp3) is 0.564. The summed E-state index contributed by atoms with van der Waals surface area (Å²) >= 11 is 0. The molecule has 3 atom stereocenters. The Morgan fingerprint density at radius 3 is 2.39 bits per heavy atom. The number of nitrogens with one attached hydrogen (secondary N) is 2. The van der Waals surface area contributed by atoms with Gasteiger partial charge in [0.15, 0.2) is 0 Å². The molecule has 5 rings (SSSR count). The van der Waals surface area contributed by atoms with Crippen LogP contribution in [0.25, 0.3) is 0 Å². The van der Waals surface area contributed by atoms with Crippen LogP contribution in [-0.4, -0.2) is 109 Å². The number of likely N-dealkylation sites (tertiary alicyclic amines) is 1. The average molecular weight is 703 g/mol. The van der Waals surface area contributed by atoms with Crippen molar-refractivity contribution in [2.45, 2.75) is 88.8 Å². The van der Waals surface area contributed by atoms with Crippen molar-refractivity contribution >= 4 is 29.5 Å². The number of piperidine rings is 1. The van der Waals surface area contributed by atoms with Gasteiger partial charge in [0.25, 0.3) is 5.91 Å². The van der Waals surface area contributed by atoms with E-state index < -0.39 is 23.9 Å². The summed E-state index contributed by atoms with van der Waals surface area (Å²) in [4.78, 5) is 73.0. The summed E-state index contributed by atoms with van der Waals surface area (Å²) in [7, 11) is 1.53. The number of nitrogens with two attached hydrogens (primary N) is 1. The van der Waals surface area contributed by atoms with Crippen molar-refractivity contribution < 1.29 is 28.7 Å². The molecule has 0 bridgehead atoms. The lowest BCUT2D eigenvalue weighted by atomic mass is 9.90. The highest BCUT2D eigenvalue weighted by Crippen LogP contribution is 2.26. The van der Waals surface area contributed by atoms with Crippen LogP contribution in [0.5, 0.6) is 5.75 Å². The number of amides is 5. The minimum Gasteiger partial charge on any atom is -0.491 e. The third-order valence-corrected chi connectivity index (χ3v) is 10.5. The molecule has 4 N–H and O–H groups in total. The number of hydrogen-bond acceptors (Lipinski definition) is 7. The third-order valence-electron chi connectivity index (χ3n) is 10.5. The van der Waals surface area contributed by atoms with Crippen LogP contribution in [0.2, 0.25) is 0 Å². The van der Waals surface area contributed by atoms with Gasteiger partial charge < -0.3 is 35.8 Å². The summed E-state index contributed by atoms with van der Waals surface area (Å²) in [5.74, 6) is -0.791. The Morgan fingerprint density at radius 1 is 0.882 bits per heavy atom. The lowest BCUT2D eigenvalue weighted by Gasteiger charge is -2.34. The number of para-hydroxylation sites is 1. The molecule has 3 aliphatic heterocycles. The Balaban J connectivity index is 1.32. The summed E-state index contributed by atoms with van der Waals surface area (Å²) in [6.45, 7) is 2.13. The smallest absolute Gasteiger partial charge is 0.255 e. The highest BCUT2D eigenvalue weighted by atomic mass is 16.5. The minimum absolute atomic E-state index is 0.0551. The van der Waals surface area contributed by atoms with Crippen molar-refractivity contribution in [3.8, 4) is 5.75 Å². The number of carbonyl (C=O) groups excluding carboxylic acids is 5. The first kappa shape index (κ1) is 37.8. The van der Waals surface area contributed by atoms with Gasteiger partial charge in [-0.05, 0) is 94.4 Å². The highest BCUT2D eigenvalue weighted by Gasteiger charge is 2.35. The number of rotatable bonds is 8. The van der Waals surface area contributed by atoms with Gasteiger partial charge in [0.05, 0.1) is 18.2 Å². The van der Waals surface area contributed by atoms with Crippen LogP contribution in [0.4, 0.5) is 0 Å². The summed E-state index contributed by atoms with van der Waals surface area (Å²) < 4.78 is 6.22. The van der Waals surface area contributed by atoms with Crippen molar-refractivity contribution in [2.24, 2.45) is 11.7 Å². The number of aryl methyl sites for hydroxylation is 1. The van der Waals surface area contributed by atoms with E-state index in [-0.39, 0.29) is 55.3 Å². The van der Waals surface area contributed by atoms with Gasteiger partial charge >= 0.3 is 0 Å². The monoisotopic (exact) mass is 702 g/mol. The van der Waals surface area contributed by atoms with E-state index in [9.17, 15) is 24.0 Å². The van der Waals surface area contributed by atoms with Crippen LogP contribution in [-0.2, 0) is 25.6 Å². The van der Waals surface area contributed by atoms with E-state index in [1.54, 1.807) is 34.1 Å². The van der Waals surface area contributed by atoms with E-state index in [0.29, 0.717) is 50.7 Å². The predicted octanol–water partition coefficient (Wildman–Crippen LogP) is 2.89. The van der Waals surface area contributed by atoms with Crippen LogP contribution >= 0.6 is 0 Å². The van der Waals surface area contributed by atoms with E-state index >= 15 is 0 Å². The number of likely N-dealkylation sites (N-methyl/N-ethyl adjacent to an activating group) is 1. The molecule has 276 valence electrons. The van der Waals surface area contributed by atoms with Crippen molar-refractivity contribution in [3.63, 3.8) is 0 Å². The molecule has 2 aromatic rings. The first-order valence-corrected chi connectivity index (χ1v) is 18.6. The zero-order valence-electron chi connectivity index (χ0n) is 29.9. The number of nitrogens with zero attached hydrogens (tertiary/aromatic N) is 3. The van der Waals surface area contributed by atoms with Crippen molar-refractivity contribution in [2.75, 3.05) is 46.4 Å². The van der Waals surface area contributed by atoms with Gasteiger partial charge in [-0.15, -0.1) is 0 Å². The molecular formula is C39H54N6O6. The lowest BCUT2D eigenvalue weighted by Crippen LogP contribution is -2.53. The molecule has 0 aromatic heterocycles. The second kappa shape index (κ2) is 18.7. The molecule has 5 amide bonds. The molecule has 3 aliphatic rings.